The van der Waals surface area contributed by atoms with E-state index in [-0.39, 0.29) is 21.5 Å². The maximum absolute atomic E-state index is 12.6. The number of nitrogens with zero attached hydrogens (tertiary/aromatic N) is 1. The van der Waals surface area contributed by atoms with E-state index in [1.54, 1.807) is 55.5 Å². The molecule has 0 bridgehead atoms. The third-order valence-corrected chi connectivity index (χ3v) is 5.39. The van der Waals surface area contributed by atoms with E-state index in [0.717, 1.165) is 5.56 Å². The van der Waals surface area contributed by atoms with Crippen LogP contribution in [-0.4, -0.2) is 23.5 Å². The fraction of sp³-hybridized carbons (Fsp3) is 0.0833. The number of esters is 1. The predicted octanol–water partition coefficient (Wildman–Crippen LogP) is 5.00. The summed E-state index contributed by atoms with van der Waals surface area (Å²) in [6.45, 7) is 3.42. The summed E-state index contributed by atoms with van der Waals surface area (Å²) in [5.74, 6) is -2.25. The van der Waals surface area contributed by atoms with E-state index >= 15 is 0 Å². The Bertz CT molecular complexity index is 1260. The second kappa shape index (κ2) is 10.8. The van der Waals surface area contributed by atoms with E-state index in [9.17, 15) is 14.4 Å². The van der Waals surface area contributed by atoms with Gasteiger partial charge in [0.25, 0.3) is 0 Å². The second-order valence-corrected chi connectivity index (χ2v) is 7.68. The van der Waals surface area contributed by atoms with Gasteiger partial charge in [0.05, 0.1) is 27.0 Å². The number of hydrogen-bond donors (Lipinski definition) is 2. The van der Waals surface area contributed by atoms with Crippen LogP contribution in [-0.2, 0) is 9.59 Å². The first kappa shape index (κ1) is 24.0. The molecule has 0 aliphatic rings. The van der Waals surface area contributed by atoms with Crippen LogP contribution in [0.1, 0.15) is 28.4 Å². The predicted molar refractivity (Wildman–Crippen MR) is 128 cm³/mol. The normalized spacial score (nSPS) is 11.0. The Kier molecular flexibility index (Phi) is 7.82. The summed E-state index contributed by atoms with van der Waals surface area (Å²) in [4.78, 5) is 36.9. The van der Waals surface area contributed by atoms with E-state index in [1.165, 1.54) is 6.07 Å². The lowest BCUT2D eigenvalue weighted by Crippen LogP contribution is -2.33. The number of amides is 2. The zero-order valence-electron chi connectivity index (χ0n) is 17.7. The quantitative estimate of drug-likeness (QED) is 0.175. The lowest BCUT2D eigenvalue weighted by Gasteiger charge is -2.11. The molecule has 0 unspecified atom stereocenters. The lowest BCUT2D eigenvalue weighted by molar-refractivity contribution is -0.136. The molecule has 2 N–H and O–H groups in total. The molecule has 0 saturated heterocycles. The summed E-state index contributed by atoms with van der Waals surface area (Å²) in [6.07, 6.45) is 0. The summed E-state index contributed by atoms with van der Waals surface area (Å²) in [7, 11) is 0. The molecule has 3 rings (SSSR count). The Hall–Kier alpha value is -3.68. The smallest absolute Gasteiger partial charge is 0.343 e. The van der Waals surface area contributed by atoms with Crippen molar-refractivity contribution in [3.63, 3.8) is 0 Å². The van der Waals surface area contributed by atoms with Crippen LogP contribution in [0, 0.1) is 6.92 Å². The van der Waals surface area contributed by atoms with Crippen molar-refractivity contribution in [2.45, 2.75) is 13.8 Å². The maximum atomic E-state index is 12.6. The zero-order valence-corrected chi connectivity index (χ0v) is 19.2. The molecule has 168 valence electrons. The molecule has 0 radical (unpaired) electrons. The number of nitrogens with one attached hydrogen (secondary N) is 2. The molecule has 3 aromatic rings. The van der Waals surface area contributed by atoms with Gasteiger partial charge in [0, 0.05) is 5.56 Å². The highest BCUT2D eigenvalue weighted by Gasteiger charge is 2.17. The number of anilines is 1. The summed E-state index contributed by atoms with van der Waals surface area (Å²) >= 11 is 11.9. The van der Waals surface area contributed by atoms with Crippen LogP contribution in [0.5, 0.6) is 5.75 Å². The summed E-state index contributed by atoms with van der Waals surface area (Å²) in [6, 6.07) is 18.4. The number of benzene rings is 3. The van der Waals surface area contributed by atoms with Crippen molar-refractivity contribution < 1.29 is 19.1 Å². The van der Waals surface area contributed by atoms with Gasteiger partial charge in [-0.05, 0) is 49.7 Å². The minimum absolute atomic E-state index is 0.115. The number of aryl methyl sites for hydroxylation is 1. The summed E-state index contributed by atoms with van der Waals surface area (Å²) in [5, 5.41) is 6.68. The van der Waals surface area contributed by atoms with E-state index < -0.39 is 17.8 Å². The van der Waals surface area contributed by atoms with E-state index in [0.29, 0.717) is 16.8 Å². The van der Waals surface area contributed by atoms with E-state index in [2.05, 4.69) is 15.8 Å². The number of halogens is 2. The van der Waals surface area contributed by atoms with Crippen LogP contribution in [0.2, 0.25) is 10.0 Å². The number of rotatable bonds is 5. The number of hydrogen-bond acceptors (Lipinski definition) is 5. The molecule has 0 aliphatic heterocycles. The van der Waals surface area contributed by atoms with Crippen LogP contribution in [0.3, 0.4) is 0 Å². The Labute approximate surface area is 200 Å². The summed E-state index contributed by atoms with van der Waals surface area (Å²) in [5.41, 5.74) is 4.38. The van der Waals surface area contributed by atoms with E-state index in [4.69, 9.17) is 27.9 Å². The van der Waals surface area contributed by atoms with Crippen molar-refractivity contribution in [1.29, 1.82) is 0 Å². The van der Waals surface area contributed by atoms with Gasteiger partial charge in [0.15, 0.2) is 0 Å². The third-order valence-electron chi connectivity index (χ3n) is 4.58. The topological polar surface area (TPSA) is 96.9 Å². The van der Waals surface area contributed by atoms with Gasteiger partial charge in [-0.2, -0.15) is 5.10 Å². The minimum atomic E-state index is -1.01. The number of ether oxygens (including phenoxy) is 1. The van der Waals surface area contributed by atoms with Gasteiger partial charge < -0.3 is 10.1 Å². The van der Waals surface area contributed by atoms with Gasteiger partial charge in [0.1, 0.15) is 5.75 Å². The van der Waals surface area contributed by atoms with Crippen molar-refractivity contribution in [1.82, 2.24) is 5.43 Å². The van der Waals surface area contributed by atoms with Gasteiger partial charge in [-0.1, -0.05) is 59.6 Å². The molecule has 0 fully saturated rings. The van der Waals surface area contributed by atoms with E-state index in [1.807, 2.05) is 19.1 Å². The highest BCUT2D eigenvalue weighted by molar-refractivity contribution is 6.45. The SMILES string of the molecule is CC(=NNC(=O)C(=O)Nc1cccc(Cl)c1Cl)c1ccccc1OC(=O)c1ccccc1C. The molecular formula is C24H19Cl2N3O4. The number of para-hydroxylation sites is 1. The highest BCUT2D eigenvalue weighted by Crippen LogP contribution is 2.29. The molecule has 3 aromatic carbocycles. The van der Waals surface area contributed by atoms with Crippen molar-refractivity contribution in [3.05, 3.63) is 93.5 Å². The Morgan fingerprint density at radius 2 is 1.52 bits per heavy atom. The number of carbonyl (C=O) groups is 3. The Balaban J connectivity index is 1.71. The van der Waals surface area contributed by atoms with Crippen LogP contribution in [0.4, 0.5) is 5.69 Å². The number of hydrazone groups is 1. The fourth-order valence-corrected chi connectivity index (χ4v) is 3.18. The molecule has 0 atom stereocenters. The van der Waals surface area contributed by atoms with Gasteiger partial charge in [0.2, 0.25) is 0 Å². The van der Waals surface area contributed by atoms with Crippen LogP contribution >= 0.6 is 23.2 Å². The van der Waals surface area contributed by atoms with Gasteiger partial charge in [-0.3, -0.25) is 9.59 Å². The molecule has 0 aliphatic carbocycles. The fourth-order valence-electron chi connectivity index (χ4n) is 2.84. The van der Waals surface area contributed by atoms with Crippen LogP contribution < -0.4 is 15.5 Å². The van der Waals surface area contributed by atoms with Crippen LogP contribution in [0.15, 0.2) is 71.8 Å². The molecule has 0 saturated carbocycles. The Morgan fingerprint density at radius 1 is 0.848 bits per heavy atom. The van der Waals surface area contributed by atoms with Crippen molar-refractivity contribution >= 4 is 52.4 Å². The lowest BCUT2D eigenvalue weighted by atomic mass is 10.1. The van der Waals surface area contributed by atoms with Crippen molar-refractivity contribution in [2.24, 2.45) is 5.10 Å². The maximum Gasteiger partial charge on any atom is 0.343 e. The van der Waals surface area contributed by atoms with Crippen molar-refractivity contribution in [3.8, 4) is 5.75 Å². The molecule has 9 heteroatoms. The first-order valence-corrected chi connectivity index (χ1v) is 10.5. The molecule has 0 aromatic heterocycles. The molecular weight excluding hydrogens is 465 g/mol. The van der Waals surface area contributed by atoms with Gasteiger partial charge in [-0.25, -0.2) is 10.2 Å². The third kappa shape index (κ3) is 5.97. The van der Waals surface area contributed by atoms with Crippen LogP contribution in [0.25, 0.3) is 0 Å². The molecule has 7 nitrogen and oxygen atoms in total. The minimum Gasteiger partial charge on any atom is -0.422 e. The Morgan fingerprint density at radius 3 is 2.24 bits per heavy atom. The van der Waals surface area contributed by atoms with Gasteiger partial charge in [-0.15, -0.1) is 0 Å². The largest absolute Gasteiger partial charge is 0.422 e. The monoisotopic (exact) mass is 483 g/mol. The first-order chi connectivity index (χ1) is 15.8. The second-order valence-electron chi connectivity index (χ2n) is 6.89. The molecule has 0 heterocycles. The average Bonchev–Trinajstić information content (AvgIpc) is 2.80. The average molecular weight is 484 g/mol. The zero-order chi connectivity index (χ0) is 24.0. The highest BCUT2D eigenvalue weighted by atomic mass is 35.5. The molecule has 0 spiro atoms. The standard InChI is InChI=1S/C24H19Cl2N3O4/c1-14-8-3-4-9-16(14)24(32)33-20-13-6-5-10-17(20)15(2)28-29-23(31)22(30)27-19-12-7-11-18(25)21(19)26/h3-13H,1-2H3,(H,27,30)(H,29,31). The van der Waals surface area contributed by atoms with Crippen molar-refractivity contribution in [2.75, 3.05) is 5.32 Å². The summed E-state index contributed by atoms with van der Waals surface area (Å²) < 4.78 is 5.55. The molecule has 33 heavy (non-hydrogen) atoms. The van der Waals surface area contributed by atoms with Gasteiger partial charge >= 0.3 is 17.8 Å². The number of carbonyl (C=O) groups excluding carboxylic acids is 3. The molecule has 2 amide bonds. The first-order valence-electron chi connectivity index (χ1n) is 9.74.